The molecule has 2 aliphatic carbocycles. The minimum absolute atomic E-state index is 0.572. The molecule has 3 heteroatoms. The second kappa shape index (κ2) is 10.9. The lowest BCUT2D eigenvalue weighted by Gasteiger charge is -2.40. The van der Waals surface area contributed by atoms with Crippen LogP contribution in [0.3, 0.4) is 0 Å². The minimum Gasteiger partial charge on any atom is -0.455 e. The molecule has 3 nitrogen and oxygen atoms in total. The summed E-state index contributed by atoms with van der Waals surface area (Å²) in [5.41, 5.74) is 16.2. The minimum atomic E-state index is -0.572. The average Bonchev–Trinajstić information content (AvgIpc) is 3.93. The van der Waals surface area contributed by atoms with E-state index in [1.54, 1.807) is 0 Å². The van der Waals surface area contributed by atoms with E-state index < -0.39 is 5.41 Å². The van der Waals surface area contributed by atoms with Crippen molar-refractivity contribution >= 4 is 71.7 Å². The number of hydrogen-bond acceptors (Lipinski definition) is 3. The van der Waals surface area contributed by atoms with Gasteiger partial charge in [-0.05, 0) is 80.7 Å². The second-order valence-electron chi connectivity index (χ2n) is 15.1. The van der Waals surface area contributed by atoms with E-state index >= 15 is 0 Å². The molecule has 0 saturated heterocycles. The Morgan fingerprint density at radius 1 is 0.339 bits per heavy atom. The fourth-order valence-corrected chi connectivity index (χ4v) is 10.3. The third-order valence-electron chi connectivity index (χ3n) is 12.5. The molecule has 0 aliphatic heterocycles. The van der Waals surface area contributed by atoms with Crippen molar-refractivity contribution in [2.45, 2.75) is 5.41 Å². The fourth-order valence-electron chi connectivity index (χ4n) is 10.3. The Hall–Kier alpha value is -7.36. The predicted molar refractivity (Wildman–Crippen MR) is 229 cm³/mol. The zero-order chi connectivity index (χ0) is 36.5. The first-order chi connectivity index (χ1) is 27.8. The maximum absolute atomic E-state index is 6.95. The molecule has 0 saturated carbocycles. The lowest BCUT2D eigenvalue weighted by atomic mass is 9.61. The van der Waals surface area contributed by atoms with Gasteiger partial charge in [-0.25, -0.2) is 0 Å². The highest BCUT2D eigenvalue weighted by Crippen LogP contribution is 2.63. The van der Waals surface area contributed by atoms with Gasteiger partial charge in [0.15, 0.2) is 5.58 Å². The first-order valence-electron chi connectivity index (χ1n) is 19.3. The molecule has 2 aliphatic rings. The third kappa shape index (κ3) is 3.67. The van der Waals surface area contributed by atoms with Crippen molar-refractivity contribution in [2.75, 3.05) is 4.90 Å². The van der Waals surface area contributed by atoms with E-state index in [4.69, 9.17) is 8.83 Å². The lowest BCUT2D eigenvalue weighted by molar-refractivity contribution is 0.667. The quantitative estimate of drug-likeness (QED) is 0.183. The van der Waals surface area contributed by atoms with Crippen LogP contribution in [0.2, 0.25) is 0 Å². The van der Waals surface area contributed by atoms with Crippen LogP contribution < -0.4 is 4.90 Å². The first kappa shape index (κ1) is 30.0. The molecule has 56 heavy (non-hydrogen) atoms. The summed E-state index contributed by atoms with van der Waals surface area (Å²) in [6, 6.07) is 68.2. The Morgan fingerprint density at radius 2 is 0.911 bits per heavy atom. The zero-order valence-corrected chi connectivity index (χ0v) is 30.2. The van der Waals surface area contributed by atoms with Gasteiger partial charge < -0.3 is 13.7 Å². The lowest BCUT2D eigenvalue weighted by Crippen LogP contribution is -2.32. The molecule has 0 atom stereocenters. The van der Waals surface area contributed by atoms with Crippen LogP contribution in [0.25, 0.3) is 76.9 Å². The molecule has 1 spiro atoms. The van der Waals surface area contributed by atoms with Gasteiger partial charge >= 0.3 is 0 Å². The van der Waals surface area contributed by atoms with E-state index in [1.807, 2.05) is 6.07 Å². The largest absolute Gasteiger partial charge is 0.455 e. The van der Waals surface area contributed by atoms with Crippen LogP contribution in [0.1, 0.15) is 22.3 Å². The van der Waals surface area contributed by atoms with Crippen molar-refractivity contribution in [1.29, 1.82) is 0 Å². The fraction of sp³-hybridized carbons (Fsp3) is 0.0189. The second-order valence-corrected chi connectivity index (χ2v) is 15.1. The number of anilines is 3. The predicted octanol–water partition coefficient (Wildman–Crippen LogP) is 14.5. The summed E-state index contributed by atoms with van der Waals surface area (Å²) in [4.78, 5) is 2.38. The van der Waals surface area contributed by atoms with Gasteiger partial charge in [0.2, 0.25) is 0 Å². The number of hydrogen-bond donors (Lipinski definition) is 0. The number of fused-ring (bicyclic) bond motifs is 16. The number of benzene rings is 9. The molecule has 0 radical (unpaired) electrons. The molecule has 2 aromatic heterocycles. The molecule has 9 aromatic carbocycles. The molecule has 0 unspecified atom stereocenters. The molecular formula is C53H31NO2. The Morgan fingerprint density at radius 3 is 1.66 bits per heavy atom. The Balaban J connectivity index is 1.20. The Kier molecular flexibility index (Phi) is 5.83. The molecule has 260 valence electrons. The van der Waals surface area contributed by atoms with Crippen LogP contribution in [-0.4, -0.2) is 0 Å². The summed E-state index contributed by atoms with van der Waals surface area (Å²) >= 11 is 0. The van der Waals surface area contributed by atoms with E-state index in [-0.39, 0.29) is 0 Å². The summed E-state index contributed by atoms with van der Waals surface area (Å²) in [7, 11) is 0. The highest BCUT2D eigenvalue weighted by atomic mass is 16.3. The first-order valence-corrected chi connectivity index (χ1v) is 19.3. The van der Waals surface area contributed by atoms with Crippen molar-refractivity contribution in [3.05, 3.63) is 210 Å². The van der Waals surface area contributed by atoms with Crippen LogP contribution in [0, 0.1) is 0 Å². The molecule has 0 bridgehead atoms. The van der Waals surface area contributed by atoms with Crippen LogP contribution in [-0.2, 0) is 5.41 Å². The van der Waals surface area contributed by atoms with Crippen molar-refractivity contribution in [2.24, 2.45) is 0 Å². The van der Waals surface area contributed by atoms with Gasteiger partial charge in [-0.2, -0.15) is 0 Å². The van der Waals surface area contributed by atoms with Crippen LogP contribution in [0.15, 0.2) is 197 Å². The highest BCUT2D eigenvalue weighted by molar-refractivity contribution is 6.19. The molecule has 13 rings (SSSR count). The Labute approximate surface area is 322 Å². The SMILES string of the molecule is c1ccc(N(c2ccc3c4c(cccc24)C2(c4ccccc4-c4ccccc42)c2ccc4c(oc5ccccc54)c2-3)c2cccc3c2oc2ccccc23)cc1. The normalized spacial score (nSPS) is 13.5. The van der Waals surface area contributed by atoms with Crippen LogP contribution in [0.4, 0.5) is 17.1 Å². The van der Waals surface area contributed by atoms with Gasteiger partial charge in [0, 0.05) is 38.2 Å². The average molecular weight is 714 g/mol. The number of para-hydroxylation sites is 4. The van der Waals surface area contributed by atoms with Crippen molar-refractivity contribution in [3.8, 4) is 22.3 Å². The van der Waals surface area contributed by atoms with Crippen LogP contribution >= 0.6 is 0 Å². The van der Waals surface area contributed by atoms with E-state index in [2.05, 4.69) is 187 Å². The molecule has 0 fully saturated rings. The molecule has 2 heterocycles. The number of furan rings is 2. The van der Waals surface area contributed by atoms with Gasteiger partial charge in [-0.15, -0.1) is 0 Å². The smallest absolute Gasteiger partial charge is 0.159 e. The summed E-state index contributed by atoms with van der Waals surface area (Å²) in [6.45, 7) is 0. The maximum Gasteiger partial charge on any atom is 0.159 e. The van der Waals surface area contributed by atoms with Gasteiger partial charge in [0.1, 0.15) is 16.7 Å². The van der Waals surface area contributed by atoms with Crippen molar-refractivity contribution in [1.82, 2.24) is 0 Å². The molecular weight excluding hydrogens is 683 g/mol. The van der Waals surface area contributed by atoms with Crippen LogP contribution in [0.5, 0.6) is 0 Å². The van der Waals surface area contributed by atoms with E-state index in [1.165, 1.54) is 44.3 Å². The summed E-state index contributed by atoms with van der Waals surface area (Å²) in [5, 5.41) is 6.87. The molecule has 0 N–H and O–H groups in total. The summed E-state index contributed by atoms with van der Waals surface area (Å²) in [5.74, 6) is 0. The van der Waals surface area contributed by atoms with Crippen molar-refractivity contribution < 1.29 is 8.83 Å². The van der Waals surface area contributed by atoms with Gasteiger partial charge in [0.25, 0.3) is 0 Å². The maximum atomic E-state index is 6.95. The van der Waals surface area contributed by atoms with E-state index in [9.17, 15) is 0 Å². The highest BCUT2D eigenvalue weighted by Gasteiger charge is 2.51. The Bertz CT molecular complexity index is 3400. The topological polar surface area (TPSA) is 29.5 Å². The van der Waals surface area contributed by atoms with Gasteiger partial charge in [-0.1, -0.05) is 152 Å². The summed E-state index contributed by atoms with van der Waals surface area (Å²) in [6.07, 6.45) is 0. The van der Waals surface area contributed by atoms with Crippen molar-refractivity contribution in [3.63, 3.8) is 0 Å². The standard InChI is InChI=1S/C53H31NO2/c1-2-14-32(15-3-1)54(46-25-13-20-37-35-18-6-10-26-47(35)55-51(37)46)45-31-29-40-49-39(45)21-12-24-43(49)53(41-22-8-4-16-33(41)34-17-5-9-23-42(34)53)44-30-28-38-36-19-7-11-27-48(36)56-52(38)50(40)44/h1-31H. The zero-order valence-electron chi connectivity index (χ0n) is 30.2. The molecule has 0 amide bonds. The third-order valence-corrected chi connectivity index (χ3v) is 12.5. The molecule has 11 aromatic rings. The number of nitrogens with zero attached hydrogens (tertiary/aromatic N) is 1. The van der Waals surface area contributed by atoms with Gasteiger partial charge in [0.05, 0.1) is 16.8 Å². The summed E-state index contributed by atoms with van der Waals surface area (Å²) < 4.78 is 13.7. The van der Waals surface area contributed by atoms with E-state index in [0.29, 0.717) is 0 Å². The van der Waals surface area contributed by atoms with Gasteiger partial charge in [-0.3, -0.25) is 0 Å². The van der Waals surface area contributed by atoms with E-state index in [0.717, 1.165) is 71.9 Å². The monoisotopic (exact) mass is 713 g/mol. The number of rotatable bonds is 3.